The first kappa shape index (κ1) is 14.4. The molecule has 1 aromatic carbocycles. The maximum absolute atomic E-state index is 13.2. The largest absolute Gasteiger partial charge is 0.352 e. The Labute approximate surface area is 128 Å². The second kappa shape index (κ2) is 6.50. The average Bonchev–Trinajstić information content (AvgIpc) is 2.56. The number of halogens is 1. The number of anilines is 1. The molecule has 6 heteroatoms. The van der Waals surface area contributed by atoms with Gasteiger partial charge in [0.2, 0.25) is 0 Å². The fraction of sp³-hybridized carbons (Fsp3) is 0.312. The number of nitriles is 1. The van der Waals surface area contributed by atoms with Crippen LogP contribution in [0.3, 0.4) is 0 Å². The van der Waals surface area contributed by atoms with Gasteiger partial charge in [-0.1, -0.05) is 12.1 Å². The summed E-state index contributed by atoms with van der Waals surface area (Å²) < 4.78 is 13.2. The minimum atomic E-state index is -0.200. The molecule has 1 saturated heterocycles. The van der Waals surface area contributed by atoms with Gasteiger partial charge in [-0.2, -0.15) is 5.26 Å². The van der Waals surface area contributed by atoms with E-state index in [0.717, 1.165) is 38.3 Å². The van der Waals surface area contributed by atoms with E-state index < -0.39 is 0 Å². The fourth-order valence-electron chi connectivity index (χ4n) is 2.65. The molecule has 1 fully saturated rings. The summed E-state index contributed by atoms with van der Waals surface area (Å²) in [5.74, 6) is 0.449. The van der Waals surface area contributed by atoms with Crippen molar-refractivity contribution < 1.29 is 4.39 Å². The van der Waals surface area contributed by atoms with Crippen LogP contribution in [0.15, 0.2) is 36.7 Å². The van der Waals surface area contributed by atoms with Crippen LogP contribution in [0.25, 0.3) is 0 Å². The number of rotatable bonds is 3. The van der Waals surface area contributed by atoms with Crippen LogP contribution in [0, 0.1) is 17.1 Å². The fourth-order valence-corrected chi connectivity index (χ4v) is 2.65. The first-order chi connectivity index (χ1) is 10.8. The smallest absolute Gasteiger partial charge is 0.183 e. The Morgan fingerprint density at radius 1 is 1.14 bits per heavy atom. The average molecular weight is 297 g/mol. The monoisotopic (exact) mass is 297 g/mol. The van der Waals surface area contributed by atoms with Gasteiger partial charge in [0, 0.05) is 45.1 Å². The number of hydrogen-bond acceptors (Lipinski definition) is 5. The Morgan fingerprint density at radius 3 is 2.64 bits per heavy atom. The van der Waals surface area contributed by atoms with Crippen LogP contribution in [0.5, 0.6) is 0 Å². The summed E-state index contributed by atoms with van der Waals surface area (Å²) >= 11 is 0. The van der Waals surface area contributed by atoms with E-state index in [0.29, 0.717) is 11.5 Å². The summed E-state index contributed by atoms with van der Waals surface area (Å²) in [4.78, 5) is 12.7. The Kier molecular flexibility index (Phi) is 4.26. The lowest BCUT2D eigenvalue weighted by Gasteiger charge is -2.35. The van der Waals surface area contributed by atoms with Crippen LogP contribution in [0.4, 0.5) is 10.2 Å². The summed E-state index contributed by atoms with van der Waals surface area (Å²) in [6, 6.07) is 8.78. The lowest BCUT2D eigenvalue weighted by atomic mass is 10.2. The highest BCUT2D eigenvalue weighted by atomic mass is 19.1. The molecule has 0 N–H and O–H groups in total. The minimum absolute atomic E-state index is 0.200. The van der Waals surface area contributed by atoms with Crippen LogP contribution in [-0.4, -0.2) is 41.0 Å². The van der Waals surface area contributed by atoms with Gasteiger partial charge >= 0.3 is 0 Å². The first-order valence-corrected chi connectivity index (χ1v) is 7.19. The molecule has 0 bridgehead atoms. The van der Waals surface area contributed by atoms with Crippen LogP contribution >= 0.6 is 0 Å². The van der Waals surface area contributed by atoms with Crippen molar-refractivity contribution in [3.63, 3.8) is 0 Å². The van der Waals surface area contributed by atoms with E-state index in [9.17, 15) is 4.39 Å². The third-order valence-electron chi connectivity index (χ3n) is 3.75. The van der Waals surface area contributed by atoms with Gasteiger partial charge in [0.1, 0.15) is 11.9 Å². The lowest BCUT2D eigenvalue weighted by Crippen LogP contribution is -2.46. The molecule has 1 aliphatic heterocycles. The SMILES string of the molecule is N#Cc1nccnc1N1CCN(Cc2cccc(F)c2)CC1. The van der Waals surface area contributed by atoms with E-state index in [2.05, 4.69) is 25.8 Å². The maximum atomic E-state index is 13.2. The molecule has 0 spiro atoms. The van der Waals surface area contributed by atoms with Crippen molar-refractivity contribution in [1.82, 2.24) is 14.9 Å². The molecule has 0 atom stereocenters. The molecule has 2 aromatic rings. The van der Waals surface area contributed by atoms with E-state index in [1.807, 2.05) is 6.07 Å². The number of piperazine rings is 1. The molecular weight excluding hydrogens is 281 g/mol. The molecule has 2 heterocycles. The second-order valence-electron chi connectivity index (χ2n) is 5.23. The minimum Gasteiger partial charge on any atom is -0.352 e. The van der Waals surface area contributed by atoms with Gasteiger partial charge in [-0.05, 0) is 17.7 Å². The van der Waals surface area contributed by atoms with E-state index in [4.69, 9.17) is 5.26 Å². The van der Waals surface area contributed by atoms with Gasteiger partial charge in [0.25, 0.3) is 0 Å². The molecule has 0 aliphatic carbocycles. The summed E-state index contributed by atoms with van der Waals surface area (Å²) in [5.41, 5.74) is 1.34. The number of aromatic nitrogens is 2. The van der Waals surface area contributed by atoms with Crippen LogP contribution in [0.2, 0.25) is 0 Å². The second-order valence-corrected chi connectivity index (χ2v) is 5.23. The zero-order chi connectivity index (χ0) is 15.4. The molecule has 1 aromatic heterocycles. The van der Waals surface area contributed by atoms with Crippen molar-refractivity contribution in [2.45, 2.75) is 6.54 Å². The third-order valence-corrected chi connectivity index (χ3v) is 3.75. The molecule has 112 valence electrons. The van der Waals surface area contributed by atoms with Gasteiger partial charge in [0.05, 0.1) is 0 Å². The van der Waals surface area contributed by atoms with Crippen LogP contribution in [0.1, 0.15) is 11.3 Å². The quantitative estimate of drug-likeness (QED) is 0.865. The van der Waals surface area contributed by atoms with Crippen molar-refractivity contribution in [2.75, 3.05) is 31.1 Å². The van der Waals surface area contributed by atoms with Crippen molar-refractivity contribution in [3.8, 4) is 6.07 Å². The van der Waals surface area contributed by atoms with Gasteiger partial charge in [-0.15, -0.1) is 0 Å². The molecule has 22 heavy (non-hydrogen) atoms. The topological polar surface area (TPSA) is 56.1 Å². The van der Waals surface area contributed by atoms with Gasteiger partial charge < -0.3 is 4.90 Å². The summed E-state index contributed by atoms with van der Waals surface area (Å²) in [6.07, 6.45) is 3.14. The number of benzene rings is 1. The summed E-state index contributed by atoms with van der Waals surface area (Å²) in [7, 11) is 0. The van der Waals surface area contributed by atoms with Crippen LogP contribution < -0.4 is 4.90 Å². The molecule has 3 rings (SSSR count). The molecule has 0 saturated carbocycles. The molecule has 0 unspecified atom stereocenters. The standard InChI is InChI=1S/C16H16FN5/c17-14-3-1-2-13(10-14)12-21-6-8-22(9-7-21)16-15(11-18)19-4-5-20-16/h1-5,10H,6-9,12H2. The predicted octanol–water partition coefficient (Wildman–Crippen LogP) is 1.81. The highest BCUT2D eigenvalue weighted by molar-refractivity contribution is 5.49. The van der Waals surface area contributed by atoms with E-state index in [1.54, 1.807) is 18.3 Å². The van der Waals surface area contributed by atoms with Gasteiger partial charge in [-0.3, -0.25) is 4.90 Å². The highest BCUT2D eigenvalue weighted by Crippen LogP contribution is 2.17. The first-order valence-electron chi connectivity index (χ1n) is 7.19. The normalized spacial score (nSPS) is 15.5. The van der Waals surface area contributed by atoms with Crippen molar-refractivity contribution in [1.29, 1.82) is 5.26 Å². The number of hydrogen-bond donors (Lipinski definition) is 0. The predicted molar refractivity (Wildman–Crippen MR) is 80.6 cm³/mol. The zero-order valence-electron chi connectivity index (χ0n) is 12.1. The highest BCUT2D eigenvalue weighted by Gasteiger charge is 2.20. The van der Waals surface area contributed by atoms with Crippen molar-refractivity contribution >= 4 is 5.82 Å². The maximum Gasteiger partial charge on any atom is 0.183 e. The van der Waals surface area contributed by atoms with Crippen molar-refractivity contribution in [3.05, 3.63) is 53.7 Å². The Morgan fingerprint density at radius 2 is 1.91 bits per heavy atom. The molecule has 5 nitrogen and oxygen atoms in total. The van der Waals surface area contributed by atoms with Crippen LogP contribution in [-0.2, 0) is 6.54 Å². The Bertz CT molecular complexity index is 689. The Balaban J connectivity index is 1.62. The van der Waals surface area contributed by atoms with E-state index in [1.165, 1.54) is 12.3 Å². The molecule has 0 amide bonds. The number of nitrogens with zero attached hydrogens (tertiary/aromatic N) is 5. The summed E-state index contributed by atoms with van der Waals surface area (Å²) in [6.45, 7) is 3.98. The van der Waals surface area contributed by atoms with E-state index in [-0.39, 0.29) is 5.82 Å². The Hall–Kier alpha value is -2.52. The lowest BCUT2D eigenvalue weighted by molar-refractivity contribution is 0.249. The molecule has 0 radical (unpaired) electrons. The molecular formula is C16H16FN5. The molecule has 1 aliphatic rings. The van der Waals surface area contributed by atoms with Gasteiger partial charge in [0.15, 0.2) is 11.5 Å². The van der Waals surface area contributed by atoms with E-state index >= 15 is 0 Å². The third kappa shape index (κ3) is 3.21. The van der Waals surface area contributed by atoms with Crippen molar-refractivity contribution in [2.24, 2.45) is 0 Å². The zero-order valence-corrected chi connectivity index (χ0v) is 12.1. The van der Waals surface area contributed by atoms with Gasteiger partial charge in [-0.25, -0.2) is 14.4 Å². The summed E-state index contributed by atoms with van der Waals surface area (Å²) in [5, 5.41) is 9.10.